The monoisotopic (exact) mass is 176 g/mol. The highest BCUT2D eigenvalue weighted by Crippen LogP contribution is 2.18. The number of hydrogen-bond donors (Lipinski definition) is 1. The van der Waals surface area contributed by atoms with E-state index in [1.165, 1.54) is 0 Å². The molecule has 0 aromatic carbocycles. The van der Waals surface area contributed by atoms with E-state index >= 15 is 0 Å². The molecule has 0 aliphatic heterocycles. The summed E-state index contributed by atoms with van der Waals surface area (Å²) < 4.78 is 9.99. The van der Waals surface area contributed by atoms with Crippen molar-refractivity contribution in [2.75, 3.05) is 26.9 Å². The molecule has 3 heteroatoms. The van der Waals surface area contributed by atoms with Gasteiger partial charge in [0.05, 0.1) is 25.9 Å². The van der Waals surface area contributed by atoms with Crippen LogP contribution in [0.5, 0.6) is 0 Å². The van der Waals surface area contributed by atoms with Crippen molar-refractivity contribution in [1.82, 2.24) is 0 Å². The summed E-state index contributed by atoms with van der Waals surface area (Å²) in [7, 11) is 1.63. The molecule has 0 aromatic heterocycles. The molecule has 0 bridgehead atoms. The van der Waals surface area contributed by atoms with E-state index < -0.39 is 6.10 Å². The lowest BCUT2D eigenvalue weighted by atomic mass is 9.90. The number of aliphatic hydroxyl groups excluding tert-OH is 1. The highest BCUT2D eigenvalue weighted by atomic mass is 16.5. The van der Waals surface area contributed by atoms with Gasteiger partial charge in [0.15, 0.2) is 0 Å². The molecular weight excluding hydrogens is 156 g/mol. The van der Waals surface area contributed by atoms with E-state index in [2.05, 4.69) is 0 Å². The minimum absolute atomic E-state index is 0.104. The first-order valence-electron chi connectivity index (χ1n) is 4.23. The molecule has 0 heterocycles. The molecule has 0 radical (unpaired) electrons. The molecule has 0 unspecified atom stereocenters. The summed E-state index contributed by atoms with van der Waals surface area (Å²) in [6.07, 6.45) is -0.408. The van der Waals surface area contributed by atoms with Crippen molar-refractivity contribution in [2.24, 2.45) is 5.41 Å². The van der Waals surface area contributed by atoms with Crippen LogP contribution in [-0.4, -0.2) is 38.1 Å². The minimum atomic E-state index is -0.408. The number of rotatable bonds is 5. The van der Waals surface area contributed by atoms with E-state index in [0.717, 1.165) is 0 Å². The second-order valence-corrected chi connectivity index (χ2v) is 3.95. The van der Waals surface area contributed by atoms with Gasteiger partial charge in [-0.2, -0.15) is 0 Å². The smallest absolute Gasteiger partial charge is 0.0821 e. The van der Waals surface area contributed by atoms with Crippen LogP contribution in [-0.2, 0) is 9.47 Å². The van der Waals surface area contributed by atoms with Gasteiger partial charge in [0.25, 0.3) is 0 Å². The highest BCUT2D eigenvalue weighted by Gasteiger charge is 2.21. The fraction of sp³-hybridized carbons (Fsp3) is 1.00. The molecule has 0 saturated carbocycles. The van der Waals surface area contributed by atoms with E-state index in [1.807, 2.05) is 20.8 Å². The van der Waals surface area contributed by atoms with Gasteiger partial charge < -0.3 is 14.6 Å². The van der Waals surface area contributed by atoms with Crippen molar-refractivity contribution < 1.29 is 14.6 Å². The van der Waals surface area contributed by atoms with Crippen molar-refractivity contribution in [3.63, 3.8) is 0 Å². The maximum atomic E-state index is 9.52. The summed E-state index contributed by atoms with van der Waals surface area (Å²) in [5.74, 6) is 0. The van der Waals surface area contributed by atoms with Gasteiger partial charge in [-0.3, -0.25) is 0 Å². The van der Waals surface area contributed by atoms with Crippen LogP contribution in [0.4, 0.5) is 0 Å². The third-order valence-corrected chi connectivity index (χ3v) is 1.71. The van der Waals surface area contributed by atoms with Crippen LogP contribution in [0.15, 0.2) is 0 Å². The van der Waals surface area contributed by atoms with Gasteiger partial charge in [0, 0.05) is 7.11 Å². The summed E-state index contributed by atoms with van der Waals surface area (Å²) in [6.45, 7) is 7.46. The summed E-state index contributed by atoms with van der Waals surface area (Å²) in [5, 5.41) is 9.52. The first kappa shape index (κ1) is 11.9. The predicted molar refractivity (Wildman–Crippen MR) is 48.2 cm³/mol. The number of hydrogen-bond acceptors (Lipinski definition) is 3. The lowest BCUT2D eigenvalue weighted by Crippen LogP contribution is -2.31. The Morgan fingerprint density at radius 3 is 2.25 bits per heavy atom. The fourth-order valence-electron chi connectivity index (χ4n) is 0.587. The zero-order chi connectivity index (χ0) is 9.61. The molecule has 1 N–H and O–H groups in total. The molecule has 0 rings (SSSR count). The third kappa shape index (κ3) is 5.52. The van der Waals surface area contributed by atoms with Crippen molar-refractivity contribution in [1.29, 1.82) is 0 Å². The number of aliphatic hydroxyl groups is 1. The molecule has 3 nitrogen and oxygen atoms in total. The van der Waals surface area contributed by atoms with E-state index in [4.69, 9.17) is 9.47 Å². The lowest BCUT2D eigenvalue weighted by molar-refractivity contribution is -0.0314. The Hall–Kier alpha value is -0.120. The standard InChI is InChI=1S/C9H20O3/c1-9(2,3)8(10)7-12-6-5-11-4/h8,10H,5-7H2,1-4H3/t8-/m0/s1. The van der Waals surface area contributed by atoms with Crippen molar-refractivity contribution in [2.45, 2.75) is 26.9 Å². The zero-order valence-electron chi connectivity index (χ0n) is 8.46. The Morgan fingerprint density at radius 1 is 1.25 bits per heavy atom. The highest BCUT2D eigenvalue weighted by molar-refractivity contribution is 4.71. The van der Waals surface area contributed by atoms with Crippen LogP contribution in [0, 0.1) is 5.41 Å². The maximum absolute atomic E-state index is 9.52. The summed E-state index contributed by atoms with van der Waals surface area (Å²) in [5.41, 5.74) is -0.104. The van der Waals surface area contributed by atoms with Crippen molar-refractivity contribution in [3.05, 3.63) is 0 Å². The topological polar surface area (TPSA) is 38.7 Å². The molecule has 0 aliphatic carbocycles. The van der Waals surface area contributed by atoms with Gasteiger partial charge in [-0.05, 0) is 5.41 Å². The Kier molecular flexibility index (Phi) is 5.46. The quantitative estimate of drug-likeness (QED) is 0.636. The van der Waals surface area contributed by atoms with Crippen molar-refractivity contribution >= 4 is 0 Å². The van der Waals surface area contributed by atoms with Crippen LogP contribution < -0.4 is 0 Å². The summed E-state index contributed by atoms with van der Waals surface area (Å²) >= 11 is 0. The molecule has 0 saturated heterocycles. The van der Waals surface area contributed by atoms with E-state index in [1.54, 1.807) is 7.11 Å². The molecular formula is C9H20O3. The second kappa shape index (κ2) is 5.51. The zero-order valence-corrected chi connectivity index (χ0v) is 8.46. The maximum Gasteiger partial charge on any atom is 0.0821 e. The molecule has 0 aliphatic rings. The van der Waals surface area contributed by atoms with Crippen molar-refractivity contribution in [3.8, 4) is 0 Å². The number of ether oxygens (including phenoxy) is 2. The normalized spacial score (nSPS) is 14.8. The molecule has 0 spiro atoms. The Balaban J connectivity index is 3.38. The molecule has 0 fully saturated rings. The summed E-state index contributed by atoms with van der Waals surface area (Å²) in [6, 6.07) is 0. The summed E-state index contributed by atoms with van der Waals surface area (Å²) in [4.78, 5) is 0. The Bertz CT molecular complexity index is 107. The molecule has 12 heavy (non-hydrogen) atoms. The van der Waals surface area contributed by atoms with Gasteiger partial charge in [0.2, 0.25) is 0 Å². The minimum Gasteiger partial charge on any atom is -0.390 e. The second-order valence-electron chi connectivity index (χ2n) is 3.95. The molecule has 0 amide bonds. The predicted octanol–water partition coefficient (Wildman–Crippen LogP) is 1.06. The first-order chi connectivity index (χ1) is 5.48. The van der Waals surface area contributed by atoms with Gasteiger partial charge in [-0.15, -0.1) is 0 Å². The molecule has 0 aromatic rings. The van der Waals surface area contributed by atoms with E-state index in [0.29, 0.717) is 19.8 Å². The van der Waals surface area contributed by atoms with Crippen LogP contribution in [0.3, 0.4) is 0 Å². The average molecular weight is 176 g/mol. The van der Waals surface area contributed by atoms with Crippen LogP contribution in [0.2, 0.25) is 0 Å². The van der Waals surface area contributed by atoms with Crippen LogP contribution in [0.25, 0.3) is 0 Å². The SMILES string of the molecule is COCCOC[C@H](O)C(C)(C)C. The van der Waals surface area contributed by atoms with Crippen LogP contribution >= 0.6 is 0 Å². The van der Waals surface area contributed by atoms with Gasteiger partial charge in [0.1, 0.15) is 0 Å². The third-order valence-electron chi connectivity index (χ3n) is 1.71. The number of methoxy groups -OCH3 is 1. The Labute approximate surface area is 74.7 Å². The van der Waals surface area contributed by atoms with Gasteiger partial charge in [-0.25, -0.2) is 0 Å². The first-order valence-corrected chi connectivity index (χ1v) is 4.23. The lowest BCUT2D eigenvalue weighted by Gasteiger charge is -2.25. The largest absolute Gasteiger partial charge is 0.390 e. The van der Waals surface area contributed by atoms with E-state index in [9.17, 15) is 5.11 Å². The molecule has 1 atom stereocenters. The molecule has 74 valence electrons. The van der Waals surface area contributed by atoms with Crippen LogP contribution in [0.1, 0.15) is 20.8 Å². The fourth-order valence-corrected chi connectivity index (χ4v) is 0.587. The Morgan fingerprint density at radius 2 is 1.83 bits per heavy atom. The van der Waals surface area contributed by atoms with E-state index in [-0.39, 0.29) is 5.41 Å². The average Bonchev–Trinajstić information content (AvgIpc) is 1.96. The van der Waals surface area contributed by atoms with Gasteiger partial charge in [-0.1, -0.05) is 20.8 Å². The van der Waals surface area contributed by atoms with Gasteiger partial charge >= 0.3 is 0 Å².